The maximum Gasteiger partial charge on any atom is 0.0917 e. The average Bonchev–Trinajstić information content (AvgIpc) is 1.83. The molecule has 0 spiro atoms. The van der Waals surface area contributed by atoms with Crippen LogP contribution in [-0.2, 0) is 0 Å². The normalized spacial score (nSPS) is 13.2. The first-order chi connectivity index (χ1) is 3.85. The maximum atomic E-state index is 9.88. The van der Waals surface area contributed by atoms with Crippen molar-refractivity contribution in [3.05, 3.63) is 4.91 Å². The van der Waals surface area contributed by atoms with Gasteiger partial charge in [0.1, 0.15) is 0 Å². The highest BCUT2D eigenvalue weighted by molar-refractivity contribution is 4.60. The second-order valence-corrected chi connectivity index (χ2v) is 1.96. The van der Waals surface area contributed by atoms with Gasteiger partial charge in [-0.2, -0.15) is 4.91 Å². The van der Waals surface area contributed by atoms with Crippen molar-refractivity contribution in [3.63, 3.8) is 0 Å². The standard InChI is InChI=1S/C6H13NO/c1-3-5-6(4-2)7-8/h6H,3-5H2,1-2H3/t6-/m1/s1. The predicted molar refractivity (Wildman–Crippen MR) is 34.8 cm³/mol. The molecule has 1 atom stereocenters. The summed E-state index contributed by atoms with van der Waals surface area (Å²) < 4.78 is 0. The van der Waals surface area contributed by atoms with Crippen molar-refractivity contribution < 1.29 is 0 Å². The van der Waals surface area contributed by atoms with Crippen LogP contribution in [0.25, 0.3) is 0 Å². The zero-order chi connectivity index (χ0) is 6.41. The van der Waals surface area contributed by atoms with Gasteiger partial charge < -0.3 is 0 Å². The van der Waals surface area contributed by atoms with Crippen LogP contribution in [0.1, 0.15) is 33.1 Å². The van der Waals surface area contributed by atoms with E-state index in [-0.39, 0.29) is 6.04 Å². The Bertz CT molecular complexity index is 63.5. The Morgan fingerprint density at radius 2 is 2.12 bits per heavy atom. The van der Waals surface area contributed by atoms with E-state index in [2.05, 4.69) is 12.1 Å². The lowest BCUT2D eigenvalue weighted by Crippen LogP contribution is -1.98. The van der Waals surface area contributed by atoms with Crippen molar-refractivity contribution >= 4 is 0 Å². The lowest BCUT2D eigenvalue weighted by molar-refractivity contribution is 0.585. The summed E-state index contributed by atoms with van der Waals surface area (Å²) >= 11 is 0. The van der Waals surface area contributed by atoms with Crippen molar-refractivity contribution in [3.8, 4) is 0 Å². The largest absolute Gasteiger partial charge is 0.151 e. The van der Waals surface area contributed by atoms with Gasteiger partial charge in [-0.25, -0.2) is 0 Å². The van der Waals surface area contributed by atoms with E-state index < -0.39 is 0 Å². The molecule has 0 aliphatic carbocycles. The van der Waals surface area contributed by atoms with Crippen LogP contribution in [0.3, 0.4) is 0 Å². The van der Waals surface area contributed by atoms with Crippen LogP contribution in [0.4, 0.5) is 0 Å². The van der Waals surface area contributed by atoms with Crippen LogP contribution in [0.15, 0.2) is 5.18 Å². The molecule has 0 amide bonds. The third-order valence-electron chi connectivity index (χ3n) is 1.24. The van der Waals surface area contributed by atoms with Gasteiger partial charge in [0, 0.05) is 0 Å². The molecule has 0 aliphatic heterocycles. The van der Waals surface area contributed by atoms with E-state index in [9.17, 15) is 4.91 Å². The molecule has 0 aliphatic rings. The molecule has 0 heterocycles. The van der Waals surface area contributed by atoms with Gasteiger partial charge in [0.25, 0.3) is 0 Å². The van der Waals surface area contributed by atoms with Gasteiger partial charge in [-0.05, 0) is 12.8 Å². The van der Waals surface area contributed by atoms with E-state index in [0.717, 1.165) is 19.3 Å². The smallest absolute Gasteiger partial charge is 0.0917 e. The minimum Gasteiger partial charge on any atom is -0.151 e. The van der Waals surface area contributed by atoms with Gasteiger partial charge in [-0.15, -0.1) is 0 Å². The van der Waals surface area contributed by atoms with Crippen LogP contribution >= 0.6 is 0 Å². The van der Waals surface area contributed by atoms with Crippen molar-refractivity contribution in [2.75, 3.05) is 0 Å². The lowest BCUT2D eigenvalue weighted by Gasteiger charge is -1.99. The third-order valence-corrected chi connectivity index (χ3v) is 1.24. The van der Waals surface area contributed by atoms with E-state index in [1.807, 2.05) is 6.92 Å². The van der Waals surface area contributed by atoms with Crippen LogP contribution in [0.2, 0.25) is 0 Å². The Labute approximate surface area is 50.3 Å². The van der Waals surface area contributed by atoms with E-state index in [0.29, 0.717) is 0 Å². The lowest BCUT2D eigenvalue weighted by atomic mass is 10.1. The van der Waals surface area contributed by atoms with Gasteiger partial charge in [-0.3, -0.25) is 0 Å². The number of hydrogen-bond donors (Lipinski definition) is 0. The molecule has 0 rings (SSSR count). The quantitative estimate of drug-likeness (QED) is 0.517. The zero-order valence-electron chi connectivity index (χ0n) is 5.55. The monoisotopic (exact) mass is 115 g/mol. The second-order valence-electron chi connectivity index (χ2n) is 1.96. The molecule has 2 nitrogen and oxygen atoms in total. The Morgan fingerprint density at radius 3 is 2.25 bits per heavy atom. The predicted octanol–water partition coefficient (Wildman–Crippen LogP) is 2.33. The molecule has 0 radical (unpaired) electrons. The summed E-state index contributed by atoms with van der Waals surface area (Å²) in [5.41, 5.74) is 0. The molecular formula is C6H13NO. The molecule has 0 unspecified atom stereocenters. The van der Waals surface area contributed by atoms with Crippen molar-refractivity contribution in [2.24, 2.45) is 5.18 Å². The van der Waals surface area contributed by atoms with Gasteiger partial charge in [0.2, 0.25) is 0 Å². The molecule has 0 N–H and O–H groups in total. The first-order valence-corrected chi connectivity index (χ1v) is 3.17. The van der Waals surface area contributed by atoms with Crippen molar-refractivity contribution in [2.45, 2.75) is 39.2 Å². The number of nitroso groups, excluding NO2 is 1. The van der Waals surface area contributed by atoms with Gasteiger partial charge in [0.05, 0.1) is 6.04 Å². The number of hydrogen-bond acceptors (Lipinski definition) is 2. The summed E-state index contributed by atoms with van der Waals surface area (Å²) in [5.74, 6) is 0. The summed E-state index contributed by atoms with van der Waals surface area (Å²) in [4.78, 5) is 9.88. The molecule has 0 saturated heterocycles. The first kappa shape index (κ1) is 7.60. The average molecular weight is 115 g/mol. The highest BCUT2D eigenvalue weighted by Crippen LogP contribution is 2.03. The fourth-order valence-electron chi connectivity index (χ4n) is 0.665. The zero-order valence-corrected chi connectivity index (χ0v) is 5.55. The topological polar surface area (TPSA) is 29.4 Å². The fraction of sp³-hybridized carbons (Fsp3) is 1.00. The second kappa shape index (κ2) is 4.75. The van der Waals surface area contributed by atoms with E-state index in [1.54, 1.807) is 0 Å². The molecule has 0 fully saturated rings. The Balaban J connectivity index is 3.21. The van der Waals surface area contributed by atoms with Gasteiger partial charge in [-0.1, -0.05) is 25.4 Å². The molecule has 8 heavy (non-hydrogen) atoms. The SMILES string of the molecule is CCC[C@@H](CC)N=O. The minimum absolute atomic E-state index is 0.0694. The van der Waals surface area contributed by atoms with Crippen LogP contribution in [-0.4, -0.2) is 6.04 Å². The van der Waals surface area contributed by atoms with Crippen molar-refractivity contribution in [1.29, 1.82) is 0 Å². The fourth-order valence-corrected chi connectivity index (χ4v) is 0.665. The molecule has 0 aromatic carbocycles. The summed E-state index contributed by atoms with van der Waals surface area (Å²) in [7, 11) is 0. The van der Waals surface area contributed by atoms with E-state index in [1.165, 1.54) is 0 Å². The van der Waals surface area contributed by atoms with Crippen LogP contribution in [0.5, 0.6) is 0 Å². The van der Waals surface area contributed by atoms with Gasteiger partial charge in [0.15, 0.2) is 0 Å². The summed E-state index contributed by atoms with van der Waals surface area (Å²) in [6.45, 7) is 4.05. The highest BCUT2D eigenvalue weighted by Gasteiger charge is 2.00. The summed E-state index contributed by atoms with van der Waals surface area (Å²) in [6.07, 6.45) is 2.89. The van der Waals surface area contributed by atoms with Crippen LogP contribution < -0.4 is 0 Å². The molecule has 0 aromatic rings. The Kier molecular flexibility index (Phi) is 4.51. The number of nitrogens with zero attached hydrogens (tertiary/aromatic N) is 1. The molecule has 0 bridgehead atoms. The third kappa shape index (κ3) is 2.72. The van der Waals surface area contributed by atoms with Crippen LogP contribution in [0, 0.1) is 4.91 Å². The molecular weight excluding hydrogens is 102 g/mol. The Hall–Kier alpha value is -0.400. The molecule has 0 saturated carbocycles. The highest BCUT2D eigenvalue weighted by atomic mass is 16.3. The van der Waals surface area contributed by atoms with E-state index in [4.69, 9.17) is 0 Å². The van der Waals surface area contributed by atoms with Crippen molar-refractivity contribution in [1.82, 2.24) is 0 Å². The minimum atomic E-state index is 0.0694. The van der Waals surface area contributed by atoms with E-state index >= 15 is 0 Å². The van der Waals surface area contributed by atoms with Gasteiger partial charge >= 0.3 is 0 Å². The molecule has 2 heteroatoms. The maximum absolute atomic E-state index is 9.88. The number of rotatable bonds is 4. The summed E-state index contributed by atoms with van der Waals surface area (Å²) in [6, 6.07) is 0.0694. The summed E-state index contributed by atoms with van der Waals surface area (Å²) in [5, 5.41) is 2.95. The first-order valence-electron chi connectivity index (χ1n) is 3.17. The Morgan fingerprint density at radius 1 is 1.50 bits per heavy atom. The molecule has 48 valence electrons. The molecule has 0 aromatic heterocycles.